The Labute approximate surface area is 238 Å². The van der Waals surface area contributed by atoms with Crippen molar-refractivity contribution in [1.29, 1.82) is 0 Å². The summed E-state index contributed by atoms with van der Waals surface area (Å²) < 4.78 is 10.8. The third kappa shape index (κ3) is 4.48. The Balaban J connectivity index is 1.23. The van der Waals surface area contributed by atoms with Gasteiger partial charge in [-0.1, -0.05) is 38.1 Å². The van der Waals surface area contributed by atoms with Gasteiger partial charge in [0.05, 0.1) is 20.3 Å². The van der Waals surface area contributed by atoms with Gasteiger partial charge in [-0.15, -0.1) is 0 Å². The van der Waals surface area contributed by atoms with E-state index in [1.807, 2.05) is 48.5 Å². The van der Waals surface area contributed by atoms with E-state index >= 15 is 0 Å². The minimum Gasteiger partial charge on any atom is -0.497 e. The van der Waals surface area contributed by atoms with Crippen molar-refractivity contribution in [3.63, 3.8) is 0 Å². The molecule has 1 saturated heterocycles. The molecule has 2 amide bonds. The Hall–Kier alpha value is -3.02. The monoisotopic (exact) mass is 544 g/mol. The number of hydrogen-bond acceptors (Lipinski definition) is 4. The van der Waals surface area contributed by atoms with Gasteiger partial charge in [-0.2, -0.15) is 0 Å². The molecule has 0 bridgehead atoms. The second-order valence-corrected chi connectivity index (χ2v) is 13.2. The summed E-state index contributed by atoms with van der Waals surface area (Å²) in [5.74, 6) is 3.85. The summed E-state index contributed by atoms with van der Waals surface area (Å²) in [5.41, 5.74) is 2.27. The zero-order chi connectivity index (χ0) is 28.1. The van der Waals surface area contributed by atoms with Gasteiger partial charge < -0.3 is 20.1 Å². The highest BCUT2D eigenvalue weighted by Crippen LogP contribution is 2.65. The molecule has 4 fully saturated rings. The van der Waals surface area contributed by atoms with E-state index in [0.717, 1.165) is 61.2 Å². The molecule has 0 radical (unpaired) electrons. The SMILES string of the molecule is COc1ccc(C(NC(=O)[C@H]2CC[C@H]3[C@@H]4CC[C@H]5NC(=O)CC[C@]5(C)[C@H]4CC[C@]23C)c2ccc(OC)cc2)cc1. The van der Waals surface area contributed by atoms with Crippen molar-refractivity contribution in [1.82, 2.24) is 10.6 Å². The lowest BCUT2D eigenvalue weighted by Gasteiger charge is -2.60. The van der Waals surface area contributed by atoms with Crippen molar-refractivity contribution in [2.24, 2.45) is 34.5 Å². The number of carbonyl (C=O) groups excluding carboxylic acids is 2. The normalized spacial score (nSPS) is 34.7. The number of nitrogens with one attached hydrogen (secondary N) is 2. The van der Waals surface area contributed by atoms with E-state index in [0.29, 0.717) is 30.2 Å². The average Bonchev–Trinajstić information content (AvgIpc) is 3.34. The minimum atomic E-state index is -0.247. The van der Waals surface area contributed by atoms with Crippen LogP contribution in [-0.2, 0) is 9.59 Å². The Morgan fingerprint density at radius 3 is 2.02 bits per heavy atom. The summed E-state index contributed by atoms with van der Waals surface area (Å²) in [5, 5.41) is 6.82. The first-order chi connectivity index (χ1) is 19.3. The van der Waals surface area contributed by atoms with Crippen molar-refractivity contribution in [2.45, 2.75) is 77.3 Å². The number of amides is 2. The highest BCUT2D eigenvalue weighted by atomic mass is 16.5. The van der Waals surface area contributed by atoms with E-state index < -0.39 is 0 Å². The van der Waals surface area contributed by atoms with Crippen LogP contribution >= 0.6 is 0 Å². The summed E-state index contributed by atoms with van der Waals surface area (Å²) in [6, 6.07) is 16.1. The summed E-state index contributed by atoms with van der Waals surface area (Å²) in [6.07, 6.45) is 8.21. The predicted octanol–water partition coefficient (Wildman–Crippen LogP) is 6.05. The first-order valence-electron chi connectivity index (χ1n) is 15.1. The molecule has 4 aliphatic rings. The van der Waals surface area contributed by atoms with Crippen molar-refractivity contribution in [2.75, 3.05) is 14.2 Å². The third-order valence-corrected chi connectivity index (χ3v) is 11.6. The minimum absolute atomic E-state index is 0.00837. The number of benzene rings is 2. The first-order valence-corrected chi connectivity index (χ1v) is 15.1. The number of fused-ring (bicyclic) bond motifs is 5. The number of piperidine rings is 1. The molecule has 3 saturated carbocycles. The molecule has 214 valence electrons. The lowest BCUT2D eigenvalue weighted by atomic mass is 9.47. The Bertz CT molecular complexity index is 1200. The number of rotatable bonds is 6. The van der Waals surface area contributed by atoms with Crippen LogP contribution in [0.1, 0.15) is 82.4 Å². The molecule has 3 aliphatic carbocycles. The smallest absolute Gasteiger partial charge is 0.224 e. The molecule has 0 aromatic heterocycles. The summed E-state index contributed by atoms with van der Waals surface area (Å²) in [4.78, 5) is 26.3. The largest absolute Gasteiger partial charge is 0.497 e. The van der Waals surface area contributed by atoms with Gasteiger partial charge in [0.2, 0.25) is 11.8 Å². The zero-order valence-electron chi connectivity index (χ0n) is 24.4. The second-order valence-electron chi connectivity index (χ2n) is 13.2. The molecule has 2 N–H and O–H groups in total. The molecule has 40 heavy (non-hydrogen) atoms. The lowest BCUT2D eigenvalue weighted by molar-refractivity contribution is -0.141. The van der Waals surface area contributed by atoms with Gasteiger partial charge >= 0.3 is 0 Å². The van der Waals surface area contributed by atoms with Crippen LogP contribution in [0, 0.1) is 34.5 Å². The Morgan fingerprint density at radius 1 is 0.825 bits per heavy atom. The molecule has 7 atom stereocenters. The Morgan fingerprint density at radius 2 is 1.43 bits per heavy atom. The van der Waals surface area contributed by atoms with Crippen molar-refractivity contribution in [3.05, 3.63) is 59.7 Å². The zero-order valence-corrected chi connectivity index (χ0v) is 24.4. The molecule has 1 heterocycles. The molecule has 2 aromatic rings. The predicted molar refractivity (Wildman–Crippen MR) is 155 cm³/mol. The van der Waals surface area contributed by atoms with Crippen molar-refractivity contribution >= 4 is 11.8 Å². The standard InChI is InChI=1S/C34H44N2O4/c1-33-19-17-27-25(13-16-29-34(27,2)20-18-30(37)35-29)26(33)14-15-28(33)32(38)36-31(21-5-9-23(39-3)10-6-21)22-7-11-24(40-4)12-8-22/h5-12,25-29,31H,13-20H2,1-4H3,(H,35,37)(H,36,38)/t25-,26-,27-,28+,29+,33-,34+/m0/s1. The molecule has 0 unspecified atom stereocenters. The molecular formula is C34H44N2O4. The third-order valence-electron chi connectivity index (χ3n) is 11.6. The molecular weight excluding hydrogens is 500 g/mol. The maximum absolute atomic E-state index is 14.2. The van der Waals surface area contributed by atoms with Crippen LogP contribution in [0.3, 0.4) is 0 Å². The maximum Gasteiger partial charge on any atom is 0.224 e. The van der Waals surface area contributed by atoms with E-state index in [-0.39, 0.29) is 34.6 Å². The summed E-state index contributed by atoms with van der Waals surface area (Å²) in [6.45, 7) is 4.84. The number of ether oxygens (including phenoxy) is 2. The van der Waals surface area contributed by atoms with Gasteiger partial charge in [-0.3, -0.25) is 9.59 Å². The fourth-order valence-electron chi connectivity index (χ4n) is 9.33. The van der Waals surface area contributed by atoms with Crippen LogP contribution < -0.4 is 20.1 Å². The molecule has 6 rings (SSSR count). The van der Waals surface area contributed by atoms with Crippen molar-refractivity contribution < 1.29 is 19.1 Å². The van der Waals surface area contributed by atoms with Gasteiger partial charge in [0.15, 0.2) is 0 Å². The quantitative estimate of drug-likeness (QED) is 0.464. The Kier molecular flexibility index (Phi) is 7.08. The van der Waals surface area contributed by atoms with E-state index in [1.165, 1.54) is 6.42 Å². The maximum atomic E-state index is 14.2. The lowest BCUT2D eigenvalue weighted by Crippen LogP contribution is -2.61. The van der Waals surface area contributed by atoms with E-state index in [2.05, 4.69) is 24.5 Å². The van der Waals surface area contributed by atoms with Gasteiger partial charge in [-0.05, 0) is 109 Å². The van der Waals surface area contributed by atoms with Crippen LogP contribution in [0.5, 0.6) is 11.5 Å². The van der Waals surface area contributed by atoms with Gasteiger partial charge in [0.1, 0.15) is 11.5 Å². The van der Waals surface area contributed by atoms with E-state index in [9.17, 15) is 9.59 Å². The molecule has 6 heteroatoms. The average molecular weight is 545 g/mol. The summed E-state index contributed by atoms with van der Waals surface area (Å²) >= 11 is 0. The van der Waals surface area contributed by atoms with Crippen molar-refractivity contribution in [3.8, 4) is 11.5 Å². The van der Waals surface area contributed by atoms with Crippen LogP contribution in [0.15, 0.2) is 48.5 Å². The van der Waals surface area contributed by atoms with Crippen LogP contribution in [0.25, 0.3) is 0 Å². The fraction of sp³-hybridized carbons (Fsp3) is 0.588. The highest BCUT2D eigenvalue weighted by Gasteiger charge is 2.61. The number of methoxy groups -OCH3 is 2. The molecule has 2 aromatic carbocycles. The van der Waals surface area contributed by atoms with E-state index in [4.69, 9.17) is 9.47 Å². The fourth-order valence-corrected chi connectivity index (χ4v) is 9.33. The van der Waals surface area contributed by atoms with Gasteiger partial charge in [-0.25, -0.2) is 0 Å². The second kappa shape index (κ2) is 10.4. The number of carbonyl (C=O) groups is 2. The van der Waals surface area contributed by atoms with Gasteiger partial charge in [0.25, 0.3) is 0 Å². The molecule has 1 aliphatic heterocycles. The highest BCUT2D eigenvalue weighted by molar-refractivity contribution is 5.81. The van der Waals surface area contributed by atoms with Crippen LogP contribution in [0.4, 0.5) is 0 Å². The first kappa shape index (κ1) is 27.2. The van der Waals surface area contributed by atoms with Crippen LogP contribution in [-0.4, -0.2) is 32.1 Å². The summed E-state index contributed by atoms with van der Waals surface area (Å²) in [7, 11) is 3.33. The molecule has 0 spiro atoms. The van der Waals surface area contributed by atoms with E-state index in [1.54, 1.807) is 14.2 Å². The van der Waals surface area contributed by atoms with Crippen LogP contribution in [0.2, 0.25) is 0 Å². The number of hydrogen-bond donors (Lipinski definition) is 2. The molecule has 6 nitrogen and oxygen atoms in total. The topological polar surface area (TPSA) is 76.7 Å². The van der Waals surface area contributed by atoms with Gasteiger partial charge in [0, 0.05) is 18.4 Å².